The number of rotatable bonds is 7. The Bertz CT molecular complexity index is 981. The lowest BCUT2D eigenvalue weighted by atomic mass is 10.1. The van der Waals surface area contributed by atoms with Crippen LogP contribution in [0, 0.1) is 13.8 Å². The fraction of sp³-hybridized carbons (Fsp3) is 0.353. The number of hydrogen-bond donors (Lipinski definition) is 3. The number of aliphatic carboxylic acids is 1. The fourth-order valence-corrected chi connectivity index (χ4v) is 4.31. The molecule has 10 heteroatoms. The van der Waals surface area contributed by atoms with Gasteiger partial charge in [-0.2, -0.15) is 9.82 Å². The molecule has 1 amide bonds. The third-order valence-electron chi connectivity index (χ3n) is 3.99. The van der Waals surface area contributed by atoms with Crippen LogP contribution in [-0.4, -0.2) is 41.2 Å². The molecule has 1 aromatic heterocycles. The van der Waals surface area contributed by atoms with Crippen LogP contribution in [0.3, 0.4) is 0 Å². The van der Waals surface area contributed by atoms with E-state index in [0.29, 0.717) is 22.6 Å². The molecule has 0 aliphatic heterocycles. The van der Waals surface area contributed by atoms with Crippen LogP contribution in [0.2, 0.25) is 0 Å². The summed E-state index contributed by atoms with van der Waals surface area (Å²) in [6.45, 7) is 4.64. The molecule has 1 heterocycles. The van der Waals surface area contributed by atoms with E-state index in [9.17, 15) is 18.0 Å². The quantitative estimate of drug-likeness (QED) is 0.641. The average molecular weight is 394 g/mol. The van der Waals surface area contributed by atoms with Crippen LogP contribution >= 0.6 is 0 Å². The molecular formula is C17H22N4O5S. The van der Waals surface area contributed by atoms with Gasteiger partial charge in [0.05, 0.1) is 23.9 Å². The summed E-state index contributed by atoms with van der Waals surface area (Å²) < 4.78 is 29.0. The Morgan fingerprint density at radius 2 is 1.96 bits per heavy atom. The number of benzene rings is 1. The van der Waals surface area contributed by atoms with Crippen LogP contribution in [0.4, 0.5) is 5.69 Å². The van der Waals surface area contributed by atoms with Crippen molar-refractivity contribution >= 4 is 27.6 Å². The van der Waals surface area contributed by atoms with Gasteiger partial charge < -0.3 is 10.4 Å². The maximum Gasteiger partial charge on any atom is 0.307 e. The third kappa shape index (κ3) is 4.92. The molecule has 2 rings (SSSR count). The summed E-state index contributed by atoms with van der Waals surface area (Å²) in [4.78, 5) is 23.2. The molecule has 1 aromatic carbocycles. The number of aryl methyl sites for hydroxylation is 2. The van der Waals surface area contributed by atoms with E-state index in [1.54, 1.807) is 39.1 Å². The van der Waals surface area contributed by atoms with Crippen LogP contribution in [-0.2, 0) is 33.1 Å². The van der Waals surface area contributed by atoms with E-state index in [1.165, 1.54) is 17.7 Å². The number of carbonyl (C=O) groups excluding carboxylic acids is 1. The van der Waals surface area contributed by atoms with Gasteiger partial charge in [0.2, 0.25) is 15.9 Å². The van der Waals surface area contributed by atoms with Gasteiger partial charge in [0.15, 0.2) is 0 Å². The number of nitrogens with zero attached hydrogens (tertiary/aromatic N) is 2. The SMILES string of the molecule is Cc1nn(C)c(C)c1S(=O)(=O)NC(C)C(=O)Nc1cccc(CC(=O)O)c1. The highest BCUT2D eigenvalue weighted by Gasteiger charge is 2.27. The highest BCUT2D eigenvalue weighted by Crippen LogP contribution is 2.19. The lowest BCUT2D eigenvalue weighted by molar-refractivity contribution is -0.136. The molecule has 0 saturated heterocycles. The molecule has 0 radical (unpaired) electrons. The highest BCUT2D eigenvalue weighted by atomic mass is 32.2. The number of carbonyl (C=O) groups is 2. The van der Waals surface area contributed by atoms with Crippen molar-refractivity contribution in [1.82, 2.24) is 14.5 Å². The van der Waals surface area contributed by atoms with Crippen LogP contribution in [0.5, 0.6) is 0 Å². The topological polar surface area (TPSA) is 130 Å². The number of aromatic nitrogens is 2. The Balaban J connectivity index is 2.12. The second-order valence-corrected chi connectivity index (χ2v) is 7.88. The van der Waals surface area contributed by atoms with Crippen LogP contribution in [0.15, 0.2) is 29.2 Å². The smallest absolute Gasteiger partial charge is 0.307 e. The van der Waals surface area contributed by atoms with Gasteiger partial charge in [-0.25, -0.2) is 8.42 Å². The standard InChI is InChI=1S/C17H22N4O5S/c1-10-16(12(3)21(4)19-10)27(25,26)20-11(2)17(24)18-14-7-5-6-13(8-14)9-15(22)23/h5-8,11,20H,9H2,1-4H3,(H,18,24)(H,22,23). The van der Waals surface area contributed by atoms with E-state index < -0.39 is 27.9 Å². The van der Waals surface area contributed by atoms with Crippen molar-refractivity contribution in [1.29, 1.82) is 0 Å². The molecule has 9 nitrogen and oxygen atoms in total. The predicted octanol–water partition coefficient (Wildman–Crippen LogP) is 0.970. The van der Waals surface area contributed by atoms with Gasteiger partial charge in [-0.3, -0.25) is 14.3 Å². The van der Waals surface area contributed by atoms with Crippen LogP contribution in [0.25, 0.3) is 0 Å². The average Bonchev–Trinajstić information content (AvgIpc) is 2.79. The van der Waals surface area contributed by atoms with E-state index >= 15 is 0 Å². The zero-order valence-electron chi connectivity index (χ0n) is 15.5. The van der Waals surface area contributed by atoms with E-state index in [4.69, 9.17) is 5.11 Å². The molecule has 0 saturated carbocycles. The number of carboxylic acid groups (broad SMARTS) is 1. The molecule has 0 aliphatic rings. The van der Waals surface area contributed by atoms with Crippen molar-refractivity contribution < 1.29 is 23.1 Å². The van der Waals surface area contributed by atoms with Crippen molar-refractivity contribution in [3.05, 3.63) is 41.2 Å². The summed E-state index contributed by atoms with van der Waals surface area (Å²) in [6.07, 6.45) is -0.175. The van der Waals surface area contributed by atoms with E-state index in [1.807, 2.05) is 0 Å². The predicted molar refractivity (Wildman–Crippen MR) is 98.9 cm³/mol. The van der Waals surface area contributed by atoms with E-state index in [2.05, 4.69) is 15.1 Å². The molecular weight excluding hydrogens is 372 g/mol. The van der Waals surface area contributed by atoms with Crippen molar-refractivity contribution in [2.24, 2.45) is 7.05 Å². The van der Waals surface area contributed by atoms with Crippen molar-refractivity contribution in [3.63, 3.8) is 0 Å². The first-order valence-corrected chi connectivity index (χ1v) is 9.63. The van der Waals surface area contributed by atoms with Crippen LogP contribution < -0.4 is 10.0 Å². The summed E-state index contributed by atoms with van der Waals surface area (Å²) in [5.41, 5.74) is 1.72. The Kier molecular flexibility index (Phi) is 6.01. The van der Waals surface area contributed by atoms with Gasteiger partial charge in [0.1, 0.15) is 4.90 Å². The Morgan fingerprint density at radius 1 is 1.30 bits per heavy atom. The van der Waals surface area contributed by atoms with Gasteiger partial charge in [0.25, 0.3) is 0 Å². The first-order valence-electron chi connectivity index (χ1n) is 8.15. The molecule has 0 aliphatic carbocycles. The second-order valence-electron chi connectivity index (χ2n) is 6.23. The van der Waals surface area contributed by atoms with Gasteiger partial charge in [-0.1, -0.05) is 12.1 Å². The number of hydrogen-bond acceptors (Lipinski definition) is 5. The lowest BCUT2D eigenvalue weighted by Gasteiger charge is -2.15. The zero-order chi connectivity index (χ0) is 20.4. The second kappa shape index (κ2) is 7.89. The fourth-order valence-electron chi connectivity index (χ4n) is 2.67. The largest absolute Gasteiger partial charge is 0.481 e. The van der Waals surface area contributed by atoms with Crippen LogP contribution in [0.1, 0.15) is 23.9 Å². The summed E-state index contributed by atoms with van der Waals surface area (Å²) in [5.74, 6) is -1.55. The normalized spacial score (nSPS) is 12.6. The molecule has 27 heavy (non-hydrogen) atoms. The van der Waals surface area contributed by atoms with E-state index in [-0.39, 0.29) is 11.3 Å². The Labute approximate surface area is 157 Å². The Morgan fingerprint density at radius 3 is 2.52 bits per heavy atom. The lowest BCUT2D eigenvalue weighted by Crippen LogP contribution is -2.41. The minimum Gasteiger partial charge on any atom is -0.481 e. The van der Waals surface area contributed by atoms with Gasteiger partial charge in [0, 0.05) is 12.7 Å². The minimum atomic E-state index is -3.93. The van der Waals surface area contributed by atoms with E-state index in [0.717, 1.165) is 0 Å². The molecule has 0 fully saturated rings. The van der Waals surface area contributed by atoms with Crippen molar-refractivity contribution in [2.75, 3.05) is 5.32 Å². The molecule has 1 unspecified atom stereocenters. The summed E-state index contributed by atoms with van der Waals surface area (Å²) in [7, 11) is -2.29. The molecule has 0 bridgehead atoms. The summed E-state index contributed by atoms with van der Waals surface area (Å²) >= 11 is 0. The summed E-state index contributed by atoms with van der Waals surface area (Å²) in [6, 6.07) is 5.33. The summed E-state index contributed by atoms with van der Waals surface area (Å²) in [5, 5.41) is 15.5. The first-order chi connectivity index (χ1) is 12.5. The van der Waals surface area contributed by atoms with Crippen molar-refractivity contribution in [3.8, 4) is 0 Å². The molecule has 2 aromatic rings. The molecule has 1 atom stereocenters. The maximum atomic E-state index is 12.6. The highest BCUT2D eigenvalue weighted by molar-refractivity contribution is 7.89. The number of nitrogens with one attached hydrogen (secondary N) is 2. The van der Waals surface area contributed by atoms with Gasteiger partial charge >= 0.3 is 5.97 Å². The number of anilines is 1. The number of sulfonamides is 1. The minimum absolute atomic E-state index is 0.0492. The molecule has 0 spiro atoms. The number of amides is 1. The number of carboxylic acids is 1. The van der Waals surface area contributed by atoms with Gasteiger partial charge in [-0.05, 0) is 38.5 Å². The third-order valence-corrected chi connectivity index (χ3v) is 5.78. The molecule has 3 N–H and O–H groups in total. The van der Waals surface area contributed by atoms with Crippen molar-refractivity contribution in [2.45, 2.75) is 38.1 Å². The maximum absolute atomic E-state index is 12.6. The zero-order valence-corrected chi connectivity index (χ0v) is 16.3. The first kappa shape index (κ1) is 20.6. The van der Waals surface area contributed by atoms with Gasteiger partial charge in [-0.15, -0.1) is 0 Å². The molecule has 146 valence electrons. The Hall–Kier alpha value is -2.72. The monoisotopic (exact) mass is 394 g/mol.